The van der Waals surface area contributed by atoms with Gasteiger partial charge in [0.1, 0.15) is 0 Å². The molecule has 1 rings (SSSR count). The summed E-state index contributed by atoms with van der Waals surface area (Å²) in [7, 11) is 0. The van der Waals surface area contributed by atoms with Crippen LogP contribution in [0.3, 0.4) is 0 Å². The van der Waals surface area contributed by atoms with Crippen LogP contribution < -0.4 is 11.1 Å². The Labute approximate surface area is 97.0 Å². The van der Waals surface area contributed by atoms with E-state index in [-0.39, 0.29) is 11.9 Å². The van der Waals surface area contributed by atoms with Crippen LogP contribution >= 0.6 is 0 Å². The summed E-state index contributed by atoms with van der Waals surface area (Å²) in [5, 5.41) is 2.92. The van der Waals surface area contributed by atoms with Gasteiger partial charge in [0.2, 0.25) is 0 Å². The molecule has 16 heavy (non-hydrogen) atoms. The molecule has 0 aromatic heterocycles. The van der Waals surface area contributed by atoms with Crippen LogP contribution in [0.2, 0.25) is 0 Å². The lowest BCUT2D eigenvalue weighted by Gasteiger charge is -2.13. The van der Waals surface area contributed by atoms with Crippen LogP contribution in [-0.2, 0) is 0 Å². The van der Waals surface area contributed by atoms with E-state index < -0.39 is 0 Å². The first-order valence-corrected chi connectivity index (χ1v) is 5.62. The molecular formula is C13H20N2O. The highest BCUT2D eigenvalue weighted by Crippen LogP contribution is 2.09. The van der Waals surface area contributed by atoms with Crippen molar-refractivity contribution in [1.29, 1.82) is 0 Å². The molecule has 0 aliphatic heterocycles. The van der Waals surface area contributed by atoms with E-state index in [9.17, 15) is 4.79 Å². The second kappa shape index (κ2) is 5.66. The fraction of sp³-hybridized carbons (Fsp3) is 0.462. The van der Waals surface area contributed by atoms with Crippen molar-refractivity contribution in [2.75, 3.05) is 6.54 Å². The van der Waals surface area contributed by atoms with Crippen LogP contribution in [0.1, 0.15) is 34.8 Å². The number of amides is 1. The highest BCUT2D eigenvalue weighted by Gasteiger charge is 2.09. The third-order valence-electron chi connectivity index (χ3n) is 2.75. The number of hydrogen-bond acceptors (Lipinski definition) is 2. The van der Waals surface area contributed by atoms with Crippen LogP contribution in [0.5, 0.6) is 0 Å². The quantitative estimate of drug-likeness (QED) is 0.812. The Balaban J connectivity index is 2.69. The molecule has 0 aliphatic carbocycles. The number of carbonyl (C=O) groups is 1. The van der Waals surface area contributed by atoms with Gasteiger partial charge in [-0.15, -0.1) is 0 Å². The van der Waals surface area contributed by atoms with E-state index in [1.165, 1.54) is 5.56 Å². The predicted octanol–water partition coefficient (Wildman–Crippen LogP) is 1.77. The number of carbonyl (C=O) groups excluding carboxylic acids is 1. The molecule has 3 N–H and O–H groups in total. The molecule has 0 saturated carbocycles. The lowest BCUT2D eigenvalue weighted by Crippen LogP contribution is -2.34. The molecule has 3 heteroatoms. The van der Waals surface area contributed by atoms with E-state index in [1.54, 1.807) is 0 Å². The summed E-state index contributed by atoms with van der Waals surface area (Å²) in [5.74, 6) is -0.0240. The number of nitrogens with one attached hydrogen (secondary N) is 1. The third-order valence-corrected chi connectivity index (χ3v) is 2.75. The topological polar surface area (TPSA) is 55.1 Å². The van der Waals surface area contributed by atoms with E-state index in [0.717, 1.165) is 12.0 Å². The highest BCUT2D eigenvalue weighted by atomic mass is 16.1. The molecule has 0 radical (unpaired) electrons. The van der Waals surface area contributed by atoms with Crippen LogP contribution in [0.25, 0.3) is 0 Å². The summed E-state index contributed by atoms with van der Waals surface area (Å²) in [6.07, 6.45) is 0.802. The fourth-order valence-corrected chi connectivity index (χ4v) is 1.51. The number of nitrogens with two attached hydrogens (primary N) is 1. The monoisotopic (exact) mass is 220 g/mol. The van der Waals surface area contributed by atoms with Gasteiger partial charge in [-0.3, -0.25) is 4.79 Å². The standard InChI is InChI=1S/C13H20N2O/c1-9-4-5-12(8-10(9)2)13(16)15-11(3)6-7-14/h4-5,8,11H,6-7,14H2,1-3H3,(H,15,16). The maximum Gasteiger partial charge on any atom is 0.251 e. The molecule has 0 bridgehead atoms. The van der Waals surface area contributed by atoms with Gasteiger partial charge in [0.25, 0.3) is 5.91 Å². The molecule has 88 valence electrons. The Hall–Kier alpha value is -1.35. The normalized spacial score (nSPS) is 12.2. The van der Waals surface area contributed by atoms with Crippen molar-refractivity contribution in [2.24, 2.45) is 5.73 Å². The largest absolute Gasteiger partial charge is 0.350 e. The van der Waals surface area contributed by atoms with Crippen molar-refractivity contribution in [3.05, 3.63) is 34.9 Å². The van der Waals surface area contributed by atoms with Crippen molar-refractivity contribution in [1.82, 2.24) is 5.32 Å². The molecular weight excluding hydrogens is 200 g/mol. The van der Waals surface area contributed by atoms with Crippen molar-refractivity contribution in [3.63, 3.8) is 0 Å². The first kappa shape index (κ1) is 12.7. The SMILES string of the molecule is Cc1ccc(C(=O)NC(C)CCN)cc1C. The number of aryl methyl sites for hydroxylation is 2. The Morgan fingerprint density at radius 3 is 2.62 bits per heavy atom. The van der Waals surface area contributed by atoms with Gasteiger partial charge in [-0.25, -0.2) is 0 Å². The molecule has 0 saturated heterocycles. The zero-order valence-corrected chi connectivity index (χ0v) is 10.2. The first-order chi connectivity index (χ1) is 7.54. The Morgan fingerprint density at radius 2 is 2.06 bits per heavy atom. The molecule has 1 unspecified atom stereocenters. The number of hydrogen-bond donors (Lipinski definition) is 2. The van der Waals surface area contributed by atoms with E-state index >= 15 is 0 Å². The average molecular weight is 220 g/mol. The van der Waals surface area contributed by atoms with Gasteiger partial charge in [0.15, 0.2) is 0 Å². The zero-order valence-electron chi connectivity index (χ0n) is 10.2. The summed E-state index contributed by atoms with van der Waals surface area (Å²) in [5.41, 5.74) is 8.49. The highest BCUT2D eigenvalue weighted by molar-refractivity contribution is 5.94. The molecule has 0 fully saturated rings. The smallest absolute Gasteiger partial charge is 0.251 e. The lowest BCUT2D eigenvalue weighted by molar-refractivity contribution is 0.0939. The predicted molar refractivity (Wildman–Crippen MR) is 66.5 cm³/mol. The average Bonchev–Trinajstić information content (AvgIpc) is 2.22. The van der Waals surface area contributed by atoms with Gasteiger partial charge >= 0.3 is 0 Å². The van der Waals surface area contributed by atoms with Gasteiger partial charge in [-0.05, 0) is 57.0 Å². The van der Waals surface area contributed by atoms with Crippen molar-refractivity contribution in [2.45, 2.75) is 33.2 Å². The Morgan fingerprint density at radius 1 is 1.38 bits per heavy atom. The third kappa shape index (κ3) is 3.35. The summed E-state index contributed by atoms with van der Waals surface area (Å²) in [6, 6.07) is 5.86. The molecule has 1 aromatic rings. The van der Waals surface area contributed by atoms with Crippen LogP contribution in [0, 0.1) is 13.8 Å². The van der Waals surface area contributed by atoms with Crippen LogP contribution in [0.15, 0.2) is 18.2 Å². The summed E-state index contributed by atoms with van der Waals surface area (Å²) < 4.78 is 0. The Bertz CT molecular complexity index is 374. The van der Waals surface area contributed by atoms with Gasteiger partial charge in [-0.2, -0.15) is 0 Å². The van der Waals surface area contributed by atoms with Crippen molar-refractivity contribution in [3.8, 4) is 0 Å². The molecule has 0 spiro atoms. The minimum absolute atomic E-state index is 0.0240. The number of benzene rings is 1. The summed E-state index contributed by atoms with van der Waals surface area (Å²) in [4.78, 5) is 11.8. The molecule has 1 amide bonds. The minimum Gasteiger partial charge on any atom is -0.350 e. The van der Waals surface area contributed by atoms with E-state index in [1.807, 2.05) is 39.0 Å². The first-order valence-electron chi connectivity index (χ1n) is 5.62. The van der Waals surface area contributed by atoms with Crippen LogP contribution in [-0.4, -0.2) is 18.5 Å². The van der Waals surface area contributed by atoms with Crippen LogP contribution in [0.4, 0.5) is 0 Å². The van der Waals surface area contributed by atoms with Gasteiger partial charge in [0.05, 0.1) is 0 Å². The Kier molecular flexibility index (Phi) is 4.50. The van der Waals surface area contributed by atoms with Crippen molar-refractivity contribution < 1.29 is 4.79 Å². The van der Waals surface area contributed by atoms with Gasteiger partial charge in [0, 0.05) is 11.6 Å². The lowest BCUT2D eigenvalue weighted by atomic mass is 10.1. The van der Waals surface area contributed by atoms with E-state index in [2.05, 4.69) is 5.32 Å². The second-order valence-electron chi connectivity index (χ2n) is 4.25. The summed E-state index contributed by atoms with van der Waals surface area (Å²) in [6.45, 7) is 6.60. The van der Waals surface area contributed by atoms with Gasteiger partial charge < -0.3 is 11.1 Å². The fourth-order valence-electron chi connectivity index (χ4n) is 1.51. The van der Waals surface area contributed by atoms with Crippen molar-refractivity contribution >= 4 is 5.91 Å². The molecule has 0 aliphatic rings. The number of rotatable bonds is 4. The maximum atomic E-state index is 11.8. The zero-order chi connectivity index (χ0) is 12.1. The molecule has 3 nitrogen and oxygen atoms in total. The van der Waals surface area contributed by atoms with E-state index in [0.29, 0.717) is 12.1 Å². The minimum atomic E-state index is -0.0240. The van der Waals surface area contributed by atoms with E-state index in [4.69, 9.17) is 5.73 Å². The summed E-state index contributed by atoms with van der Waals surface area (Å²) >= 11 is 0. The maximum absolute atomic E-state index is 11.8. The molecule has 1 atom stereocenters. The molecule has 1 aromatic carbocycles. The molecule has 0 heterocycles. The second-order valence-corrected chi connectivity index (χ2v) is 4.25. The van der Waals surface area contributed by atoms with Gasteiger partial charge in [-0.1, -0.05) is 6.07 Å².